The molecule has 0 N–H and O–H groups in total. The number of hydrogen-bond acceptors (Lipinski definition) is 6. The second-order valence-electron chi connectivity index (χ2n) is 12.2. The predicted octanol–water partition coefficient (Wildman–Crippen LogP) is 10.6. The summed E-state index contributed by atoms with van der Waals surface area (Å²) in [5.74, 6) is 3.21. The van der Waals surface area contributed by atoms with Crippen molar-refractivity contribution in [2.75, 3.05) is 11.5 Å². The van der Waals surface area contributed by atoms with Crippen LogP contribution in [0.25, 0.3) is 0 Å². The van der Waals surface area contributed by atoms with Crippen molar-refractivity contribution < 1.29 is 15.7 Å². The van der Waals surface area contributed by atoms with Gasteiger partial charge >= 0.3 is 258 Å². The minimum atomic E-state index is -3.90. The topological polar surface area (TPSA) is 52.6 Å². The van der Waals surface area contributed by atoms with Crippen LogP contribution in [0.15, 0.2) is 0 Å². The van der Waals surface area contributed by atoms with Crippen LogP contribution in [0.4, 0.5) is 0 Å². The van der Waals surface area contributed by atoms with Crippen LogP contribution >= 0.6 is 23.5 Å². The van der Waals surface area contributed by atoms with Gasteiger partial charge < -0.3 is 0 Å². The van der Waals surface area contributed by atoms with E-state index in [2.05, 4.69) is 41.5 Å². The summed E-state index contributed by atoms with van der Waals surface area (Å²) in [6, 6.07) is 0. The number of carbonyl (C=O) groups is 2. The first-order chi connectivity index (χ1) is 18.6. The van der Waals surface area contributed by atoms with E-state index >= 15 is 0 Å². The third-order valence-corrected chi connectivity index (χ3v) is 19.2. The summed E-state index contributed by atoms with van der Waals surface area (Å²) in [5.41, 5.74) is 0. The Labute approximate surface area is 257 Å². The summed E-state index contributed by atoms with van der Waals surface area (Å²) in [6.07, 6.45) is 16.4. The zero-order chi connectivity index (χ0) is 29.5. The van der Waals surface area contributed by atoms with Crippen LogP contribution in [-0.2, 0) is 15.7 Å². The Morgan fingerprint density at radius 3 is 1.26 bits per heavy atom. The second kappa shape index (κ2) is 25.0. The maximum atomic E-state index is 13.2. The molecule has 0 heterocycles. The van der Waals surface area contributed by atoms with Crippen LogP contribution < -0.4 is 0 Å². The van der Waals surface area contributed by atoms with E-state index < -0.39 is 19.2 Å². The summed E-state index contributed by atoms with van der Waals surface area (Å²) in [5, 5.41) is -0.414. The molecule has 7 heteroatoms. The molecule has 2 atom stereocenters. The molecule has 4 nitrogen and oxygen atoms in total. The van der Waals surface area contributed by atoms with Gasteiger partial charge in [-0.25, -0.2) is 0 Å². The summed E-state index contributed by atoms with van der Waals surface area (Å²) < 4.78 is 14.2. The Hall–Kier alpha value is 0.439. The van der Waals surface area contributed by atoms with E-state index in [0.29, 0.717) is 0 Å². The van der Waals surface area contributed by atoms with Gasteiger partial charge in [0.05, 0.1) is 0 Å². The Bertz CT molecular complexity index is 563. The molecule has 0 saturated carbocycles. The van der Waals surface area contributed by atoms with Gasteiger partial charge in [-0.3, -0.25) is 0 Å². The van der Waals surface area contributed by atoms with E-state index in [1.165, 1.54) is 51.4 Å². The fourth-order valence-corrected chi connectivity index (χ4v) is 16.9. The number of carbonyl (C=O) groups excluding carboxylic acids is 2. The van der Waals surface area contributed by atoms with Crippen molar-refractivity contribution in [2.24, 2.45) is 11.8 Å². The first-order valence-corrected chi connectivity index (χ1v) is 24.7. The van der Waals surface area contributed by atoms with Gasteiger partial charge in [-0.15, -0.1) is 0 Å². The number of rotatable bonds is 26. The van der Waals surface area contributed by atoms with Gasteiger partial charge in [0, 0.05) is 0 Å². The zero-order valence-corrected chi connectivity index (χ0v) is 31.5. The van der Waals surface area contributed by atoms with Crippen molar-refractivity contribution in [2.45, 2.75) is 165 Å². The third-order valence-electron chi connectivity index (χ3n) is 7.15. The molecule has 0 rings (SSSR count). The Morgan fingerprint density at radius 2 is 0.923 bits per heavy atom. The van der Waals surface area contributed by atoms with Gasteiger partial charge in [0.25, 0.3) is 0 Å². The van der Waals surface area contributed by atoms with Crippen molar-refractivity contribution in [3.05, 3.63) is 0 Å². The van der Waals surface area contributed by atoms with E-state index in [-0.39, 0.29) is 22.4 Å². The molecule has 0 radical (unpaired) electrons. The maximum absolute atomic E-state index is 13.2. The molecule has 0 aliphatic carbocycles. The molecule has 0 saturated heterocycles. The Balaban J connectivity index is 4.87. The molecule has 0 bridgehead atoms. The second-order valence-corrected chi connectivity index (χ2v) is 24.3. The standard InChI is InChI=1S/2C12H24O2S.2C4H9.Sn/c2*1-10(2)8-6-4-5-7-9-15-11(3)12(13)14;2*1-3-4-2;/h2*10-11H,4-9H2,1-3H3,(H,13,14);2*1,3-4H2,2H3;/q;;;;+2/p-2. The van der Waals surface area contributed by atoms with Crippen molar-refractivity contribution in [1.82, 2.24) is 0 Å². The zero-order valence-electron chi connectivity index (χ0n) is 27.0. The third kappa shape index (κ3) is 21.8. The van der Waals surface area contributed by atoms with Gasteiger partial charge in [0.1, 0.15) is 0 Å². The molecule has 0 fully saturated rings. The molecule has 232 valence electrons. The molecule has 39 heavy (non-hydrogen) atoms. The van der Waals surface area contributed by atoms with Gasteiger partial charge in [-0.05, 0) is 0 Å². The van der Waals surface area contributed by atoms with Crippen LogP contribution in [0.5, 0.6) is 0 Å². The predicted molar refractivity (Wildman–Crippen MR) is 177 cm³/mol. The minimum absolute atomic E-state index is 0.155. The van der Waals surface area contributed by atoms with Crippen LogP contribution in [0.1, 0.15) is 145 Å². The van der Waals surface area contributed by atoms with E-state index in [0.717, 1.165) is 70.7 Å². The van der Waals surface area contributed by atoms with Gasteiger partial charge in [-0.1, -0.05) is 0 Å². The van der Waals surface area contributed by atoms with Crippen LogP contribution in [0.3, 0.4) is 0 Å². The Morgan fingerprint density at radius 1 is 0.564 bits per heavy atom. The van der Waals surface area contributed by atoms with E-state index in [1.54, 1.807) is 23.5 Å². The molecular formula is C32H64O4S2Sn. The molecule has 0 amide bonds. The van der Waals surface area contributed by atoms with Crippen molar-refractivity contribution in [1.29, 1.82) is 0 Å². The molecule has 0 aromatic rings. The van der Waals surface area contributed by atoms with E-state index in [4.69, 9.17) is 6.15 Å². The van der Waals surface area contributed by atoms with Crippen LogP contribution in [-0.4, -0.2) is 53.1 Å². The number of thioether (sulfide) groups is 2. The van der Waals surface area contributed by atoms with Crippen molar-refractivity contribution in [3.8, 4) is 0 Å². The van der Waals surface area contributed by atoms with Crippen molar-refractivity contribution >= 4 is 54.7 Å². The quantitative estimate of drug-likeness (QED) is 0.0663. The molecule has 0 spiro atoms. The number of unbranched alkanes of at least 4 members (excludes halogenated alkanes) is 8. The van der Waals surface area contributed by atoms with E-state index in [1.807, 2.05) is 13.8 Å². The summed E-state index contributed by atoms with van der Waals surface area (Å²) in [6.45, 7) is 17.3. The van der Waals surface area contributed by atoms with Crippen LogP contribution in [0, 0.1) is 11.8 Å². The normalized spacial score (nSPS) is 13.6. The molecule has 0 aliphatic heterocycles. The first-order valence-electron chi connectivity index (χ1n) is 16.3. The SMILES string of the molecule is CCC[CH2][Sn]([CH2]CCC)([O]C(=O)C(C)SCCCCCCC(C)C)[O]C(=O)C(C)SCCCCCCC(C)C. The number of hydrogen-bond donors (Lipinski definition) is 0. The van der Waals surface area contributed by atoms with Gasteiger partial charge in [-0.2, -0.15) is 0 Å². The fourth-order valence-electron chi connectivity index (χ4n) is 4.45. The van der Waals surface area contributed by atoms with Crippen molar-refractivity contribution in [3.63, 3.8) is 0 Å². The Kier molecular flexibility index (Phi) is 25.3. The summed E-state index contributed by atoms with van der Waals surface area (Å²) >= 11 is -0.507. The fraction of sp³-hybridized carbons (Fsp3) is 0.938. The average Bonchev–Trinajstić information content (AvgIpc) is 2.88. The van der Waals surface area contributed by atoms with Crippen LogP contribution in [0.2, 0.25) is 8.87 Å². The molecule has 0 aromatic heterocycles. The molecule has 0 aromatic carbocycles. The van der Waals surface area contributed by atoms with Gasteiger partial charge in [0.2, 0.25) is 0 Å². The molecule has 0 aliphatic rings. The monoisotopic (exact) mass is 696 g/mol. The van der Waals surface area contributed by atoms with Gasteiger partial charge in [0.15, 0.2) is 0 Å². The molecule has 2 unspecified atom stereocenters. The summed E-state index contributed by atoms with van der Waals surface area (Å²) in [7, 11) is 0. The molecular weight excluding hydrogens is 631 g/mol. The first kappa shape index (κ1) is 39.4. The summed E-state index contributed by atoms with van der Waals surface area (Å²) in [4.78, 5) is 26.5. The average molecular weight is 696 g/mol. The van der Waals surface area contributed by atoms with E-state index in [9.17, 15) is 9.59 Å².